The number of likely N-dealkylation sites (tertiary alicyclic amines) is 1. The van der Waals surface area contributed by atoms with Gasteiger partial charge in [-0.05, 0) is 114 Å². The van der Waals surface area contributed by atoms with Gasteiger partial charge >= 0.3 is 12.2 Å². The number of fused-ring (bicyclic) bond motifs is 1. The number of urea groups is 1. The largest absolute Gasteiger partial charge is 0.433 e. The first-order chi connectivity index (χ1) is 27.9. The molecule has 0 bridgehead atoms. The van der Waals surface area contributed by atoms with Gasteiger partial charge in [0.1, 0.15) is 17.6 Å². The molecule has 4 N–H and O–H groups in total. The molecular weight excluding hydrogens is 789 g/mol. The van der Waals surface area contributed by atoms with Crippen molar-refractivity contribution in [1.82, 2.24) is 29.9 Å². The number of nitrogens with zero attached hydrogens (tertiary/aromatic N) is 6. The average Bonchev–Trinajstić information content (AvgIpc) is 3.61. The number of anilines is 2. The highest BCUT2D eigenvalue weighted by Crippen LogP contribution is 2.37. The van der Waals surface area contributed by atoms with E-state index in [-0.39, 0.29) is 17.6 Å². The molecule has 2 aliphatic heterocycles. The van der Waals surface area contributed by atoms with Gasteiger partial charge in [0.25, 0.3) is 11.8 Å². The minimum atomic E-state index is -4.70. The van der Waals surface area contributed by atoms with E-state index in [1.165, 1.54) is 11.0 Å². The van der Waals surface area contributed by atoms with Gasteiger partial charge in [-0.2, -0.15) is 18.3 Å². The Morgan fingerprint density at radius 2 is 1.66 bits per heavy atom. The molecule has 2 aromatic heterocycles. The van der Waals surface area contributed by atoms with Gasteiger partial charge in [-0.15, -0.1) is 0 Å². The number of carbonyl (C=O) groups is 3. The van der Waals surface area contributed by atoms with Crippen LogP contribution in [0.4, 0.5) is 29.3 Å². The molecule has 1 saturated carbocycles. The predicted octanol–water partition coefficient (Wildman–Crippen LogP) is 7.04. The van der Waals surface area contributed by atoms with Gasteiger partial charge < -0.3 is 30.6 Å². The molecule has 3 aliphatic rings. The van der Waals surface area contributed by atoms with Crippen LogP contribution in [0, 0.1) is 11.8 Å². The second kappa shape index (κ2) is 17.1. The van der Waals surface area contributed by atoms with Crippen molar-refractivity contribution in [2.24, 2.45) is 11.8 Å². The third-order valence-corrected chi connectivity index (χ3v) is 12.0. The number of rotatable bonds is 10. The number of carbonyl (C=O) groups excluding carboxylic acids is 3. The Kier molecular flexibility index (Phi) is 12.3. The number of benzene rings is 2. The normalized spacial score (nSPS) is 20.9. The van der Waals surface area contributed by atoms with Crippen LogP contribution >= 0.6 is 11.6 Å². The molecule has 1 unspecified atom stereocenters. The molecule has 1 aliphatic carbocycles. The van der Waals surface area contributed by atoms with Crippen LogP contribution in [0.1, 0.15) is 96.9 Å². The van der Waals surface area contributed by atoms with Crippen LogP contribution in [0.25, 0.3) is 10.9 Å². The van der Waals surface area contributed by atoms with Gasteiger partial charge in [0.2, 0.25) is 0 Å². The standard InChI is InChI=1S/C42H50ClF3N8O5/c1-41(2,59)30-21-33-28(19-34(30)48-38(56)32-5-4-6-36(47-32)42(44,45)46)24-54(50-33)29-10-7-25(8-11-29)22-51(3)23-26-13-16-52(17-14-26)39(57)27-9-12-31(43)35(20-27)53-18-15-37(55)49-40(53)58/h4-6,9,12,19-21,24-26,29,37,55,59H,7-8,10-11,13-18,22-23H2,1-3H3,(H,48,56)(H,49,58). The van der Waals surface area contributed by atoms with Gasteiger partial charge in [-0.1, -0.05) is 17.7 Å². The third kappa shape index (κ3) is 9.83. The Morgan fingerprint density at radius 1 is 0.966 bits per heavy atom. The van der Waals surface area contributed by atoms with Crippen LogP contribution in [0.15, 0.2) is 54.7 Å². The summed E-state index contributed by atoms with van der Waals surface area (Å²) in [4.78, 5) is 48.3. The number of hydrogen-bond donors (Lipinski definition) is 4. The Morgan fingerprint density at radius 3 is 2.32 bits per heavy atom. The maximum absolute atomic E-state index is 13.5. The molecule has 13 nitrogen and oxygen atoms in total. The maximum Gasteiger partial charge on any atom is 0.433 e. The van der Waals surface area contributed by atoms with E-state index in [0.717, 1.165) is 69.1 Å². The lowest BCUT2D eigenvalue weighted by molar-refractivity contribution is -0.141. The third-order valence-electron chi connectivity index (χ3n) is 11.7. The zero-order chi connectivity index (χ0) is 42.2. The molecule has 17 heteroatoms. The molecule has 4 amide bonds. The summed E-state index contributed by atoms with van der Waals surface area (Å²) in [6.07, 6.45) is 2.39. The van der Waals surface area contributed by atoms with Crippen molar-refractivity contribution in [1.29, 1.82) is 0 Å². The highest BCUT2D eigenvalue weighted by atomic mass is 35.5. The molecule has 1 atom stereocenters. The minimum absolute atomic E-state index is 0.0922. The van der Waals surface area contributed by atoms with E-state index in [9.17, 15) is 37.8 Å². The van der Waals surface area contributed by atoms with Crippen molar-refractivity contribution < 1.29 is 37.8 Å². The van der Waals surface area contributed by atoms with E-state index >= 15 is 0 Å². The van der Waals surface area contributed by atoms with Crippen LogP contribution < -0.4 is 15.5 Å². The molecule has 7 rings (SSSR count). The molecule has 4 aromatic rings. The lowest BCUT2D eigenvalue weighted by Crippen LogP contribution is -2.52. The molecule has 2 saturated heterocycles. The molecule has 0 spiro atoms. The van der Waals surface area contributed by atoms with E-state index in [1.54, 1.807) is 44.2 Å². The van der Waals surface area contributed by atoms with Crippen molar-refractivity contribution in [2.75, 3.05) is 50.0 Å². The van der Waals surface area contributed by atoms with Gasteiger partial charge in [-0.25, -0.2) is 9.78 Å². The first-order valence-corrected chi connectivity index (χ1v) is 20.5. The average molecular weight is 839 g/mol. The highest BCUT2D eigenvalue weighted by Gasteiger charge is 2.34. The second-order valence-electron chi connectivity index (χ2n) is 16.7. The Hall–Kier alpha value is -4.77. The first kappa shape index (κ1) is 42.4. The van der Waals surface area contributed by atoms with Crippen molar-refractivity contribution in [2.45, 2.75) is 82.8 Å². The molecule has 59 heavy (non-hydrogen) atoms. The second-order valence-corrected chi connectivity index (χ2v) is 17.1. The van der Waals surface area contributed by atoms with Crippen LogP contribution in [0.2, 0.25) is 5.02 Å². The summed E-state index contributed by atoms with van der Waals surface area (Å²) < 4.78 is 41.7. The smallest absolute Gasteiger partial charge is 0.386 e. The van der Waals surface area contributed by atoms with E-state index < -0.39 is 41.3 Å². The number of hydrogen-bond acceptors (Lipinski definition) is 8. The van der Waals surface area contributed by atoms with E-state index in [2.05, 4.69) is 27.6 Å². The minimum Gasteiger partial charge on any atom is -0.386 e. The molecular formula is C42H50ClF3N8O5. The molecule has 4 heterocycles. The lowest BCUT2D eigenvalue weighted by atomic mass is 9.85. The van der Waals surface area contributed by atoms with Crippen LogP contribution in [-0.2, 0) is 11.8 Å². The molecule has 0 radical (unpaired) electrons. The molecule has 2 aromatic carbocycles. The van der Waals surface area contributed by atoms with E-state index in [1.807, 2.05) is 15.8 Å². The lowest BCUT2D eigenvalue weighted by Gasteiger charge is -2.36. The van der Waals surface area contributed by atoms with Crippen molar-refractivity contribution in [3.63, 3.8) is 0 Å². The number of piperidine rings is 1. The van der Waals surface area contributed by atoms with Gasteiger partial charge in [0, 0.05) is 67.5 Å². The van der Waals surface area contributed by atoms with Crippen LogP contribution in [-0.4, -0.2) is 98.6 Å². The number of halogens is 4. The van der Waals surface area contributed by atoms with Crippen molar-refractivity contribution >= 4 is 51.7 Å². The summed E-state index contributed by atoms with van der Waals surface area (Å²) in [5.41, 5.74) is -0.746. The quantitative estimate of drug-likeness (QED) is 0.133. The number of aliphatic hydroxyl groups excluding tert-OH is 1. The van der Waals surface area contributed by atoms with E-state index in [0.29, 0.717) is 65.2 Å². The zero-order valence-corrected chi connectivity index (χ0v) is 34.1. The summed E-state index contributed by atoms with van der Waals surface area (Å²) in [6.45, 7) is 6.64. The fraction of sp³-hybridized carbons (Fsp3) is 0.500. The fourth-order valence-electron chi connectivity index (χ4n) is 8.57. The van der Waals surface area contributed by atoms with Crippen molar-refractivity contribution in [3.05, 3.63) is 82.3 Å². The number of aliphatic hydroxyl groups is 2. The Bertz CT molecular complexity index is 2190. The summed E-state index contributed by atoms with van der Waals surface area (Å²) in [7, 11) is 2.16. The topological polar surface area (TPSA) is 156 Å². The monoisotopic (exact) mass is 838 g/mol. The van der Waals surface area contributed by atoms with Crippen LogP contribution in [0.5, 0.6) is 0 Å². The molecule has 316 valence electrons. The number of aromatic nitrogens is 3. The number of amides is 4. The Balaban J connectivity index is 0.904. The van der Waals surface area contributed by atoms with Gasteiger partial charge in [0.15, 0.2) is 0 Å². The summed E-state index contributed by atoms with van der Waals surface area (Å²) in [6, 6.07) is 11.2. The SMILES string of the molecule is CN(CC1CCC(n2cc3cc(NC(=O)c4cccc(C(F)(F)F)n4)c(C(C)(C)O)cc3n2)CC1)CC1CCN(C(=O)c2ccc(Cl)c(N3CCC(O)NC3=O)c2)CC1. The number of nitrogens with one attached hydrogen (secondary N) is 2. The maximum atomic E-state index is 13.5. The summed E-state index contributed by atoms with van der Waals surface area (Å²) in [5.74, 6) is 0.0761. The molecule has 3 fully saturated rings. The van der Waals surface area contributed by atoms with E-state index in [4.69, 9.17) is 16.7 Å². The number of alkyl halides is 3. The first-order valence-electron chi connectivity index (χ1n) is 20.1. The summed E-state index contributed by atoms with van der Waals surface area (Å²) >= 11 is 6.41. The fourth-order valence-corrected chi connectivity index (χ4v) is 8.79. The Labute approximate surface area is 345 Å². The summed E-state index contributed by atoms with van der Waals surface area (Å²) in [5, 5.41) is 31.8. The van der Waals surface area contributed by atoms with Gasteiger partial charge in [-0.3, -0.25) is 19.2 Å². The van der Waals surface area contributed by atoms with Crippen molar-refractivity contribution in [3.8, 4) is 0 Å². The highest BCUT2D eigenvalue weighted by molar-refractivity contribution is 6.34. The predicted molar refractivity (Wildman–Crippen MR) is 217 cm³/mol. The zero-order valence-electron chi connectivity index (χ0n) is 33.3. The number of pyridine rings is 1. The van der Waals surface area contributed by atoms with Crippen LogP contribution in [0.3, 0.4) is 0 Å². The van der Waals surface area contributed by atoms with Gasteiger partial charge in [0.05, 0.1) is 27.9 Å².